The molecule has 1 aromatic carbocycles. The van der Waals surface area contributed by atoms with Crippen molar-refractivity contribution in [1.82, 2.24) is 10.3 Å². The Morgan fingerprint density at radius 1 is 1.29 bits per heavy atom. The predicted molar refractivity (Wildman–Crippen MR) is 85.8 cm³/mol. The van der Waals surface area contributed by atoms with Gasteiger partial charge >= 0.3 is 0 Å². The quantitative estimate of drug-likeness (QED) is 0.875. The van der Waals surface area contributed by atoms with Gasteiger partial charge in [-0.3, -0.25) is 4.79 Å². The first-order chi connectivity index (χ1) is 9.95. The Hall–Kier alpha value is -1.87. The fourth-order valence-corrected chi connectivity index (χ4v) is 2.54. The molecule has 0 aliphatic heterocycles. The lowest BCUT2D eigenvalue weighted by Gasteiger charge is -2.15. The van der Waals surface area contributed by atoms with Crippen LogP contribution in [-0.2, 0) is 6.42 Å². The minimum atomic E-state index is -0.122. The zero-order valence-electron chi connectivity index (χ0n) is 12.5. The predicted octanol–water partition coefficient (Wildman–Crippen LogP) is 3.71. The molecule has 0 saturated carbocycles. The first kappa shape index (κ1) is 15.5. The van der Waals surface area contributed by atoms with E-state index in [-0.39, 0.29) is 11.9 Å². The number of aromatic nitrogens is 1. The molecule has 0 aliphatic rings. The van der Waals surface area contributed by atoms with Gasteiger partial charge in [0.05, 0.1) is 0 Å². The van der Waals surface area contributed by atoms with Crippen LogP contribution in [-0.4, -0.2) is 16.9 Å². The summed E-state index contributed by atoms with van der Waals surface area (Å²) in [6.45, 7) is 5.90. The van der Waals surface area contributed by atoms with Crippen LogP contribution in [0.2, 0.25) is 5.15 Å². The minimum Gasteiger partial charge on any atom is -0.349 e. The highest BCUT2D eigenvalue weighted by molar-refractivity contribution is 6.29. The van der Waals surface area contributed by atoms with Gasteiger partial charge in [-0.2, -0.15) is 0 Å². The number of carbonyl (C=O) groups excluding carboxylic acids is 1. The molecule has 1 atom stereocenters. The number of pyridine rings is 1. The number of aryl methyl sites for hydroxylation is 2. The second kappa shape index (κ2) is 6.72. The fraction of sp³-hybridized carbons (Fsp3) is 0.294. The van der Waals surface area contributed by atoms with E-state index in [4.69, 9.17) is 11.6 Å². The molecule has 3 nitrogen and oxygen atoms in total. The third kappa shape index (κ3) is 4.30. The van der Waals surface area contributed by atoms with E-state index in [9.17, 15) is 4.79 Å². The molecule has 1 N–H and O–H groups in total. The summed E-state index contributed by atoms with van der Waals surface area (Å²) >= 11 is 5.89. The maximum atomic E-state index is 12.2. The molecule has 0 spiro atoms. The number of rotatable bonds is 4. The smallest absolute Gasteiger partial charge is 0.251 e. The van der Waals surface area contributed by atoms with Crippen molar-refractivity contribution in [3.8, 4) is 0 Å². The molecule has 110 valence electrons. The topological polar surface area (TPSA) is 42.0 Å². The van der Waals surface area contributed by atoms with Crippen LogP contribution in [0.15, 0.2) is 36.4 Å². The summed E-state index contributed by atoms with van der Waals surface area (Å²) in [5.41, 5.74) is 3.76. The highest BCUT2D eigenvalue weighted by atomic mass is 35.5. The van der Waals surface area contributed by atoms with E-state index in [0.717, 1.165) is 12.1 Å². The second-order valence-electron chi connectivity index (χ2n) is 5.33. The van der Waals surface area contributed by atoms with Crippen LogP contribution in [0.25, 0.3) is 0 Å². The van der Waals surface area contributed by atoms with Crippen molar-refractivity contribution >= 4 is 17.5 Å². The number of benzene rings is 1. The lowest BCUT2D eigenvalue weighted by atomic mass is 10.0. The van der Waals surface area contributed by atoms with E-state index in [0.29, 0.717) is 10.7 Å². The normalized spacial score (nSPS) is 12.0. The summed E-state index contributed by atoms with van der Waals surface area (Å²) in [7, 11) is 0. The highest BCUT2D eigenvalue weighted by Crippen LogP contribution is 2.12. The first-order valence-electron chi connectivity index (χ1n) is 6.95. The molecule has 1 unspecified atom stereocenters. The Kier molecular flexibility index (Phi) is 4.97. The number of halogens is 1. The zero-order chi connectivity index (χ0) is 15.4. The molecule has 0 bridgehead atoms. The van der Waals surface area contributed by atoms with Crippen LogP contribution in [0.5, 0.6) is 0 Å². The number of nitrogens with zero attached hydrogens (tertiary/aromatic N) is 1. The third-order valence-corrected chi connectivity index (χ3v) is 3.54. The van der Waals surface area contributed by atoms with E-state index < -0.39 is 0 Å². The van der Waals surface area contributed by atoms with Crippen LogP contribution < -0.4 is 5.32 Å². The molecule has 0 aliphatic carbocycles. The fourth-order valence-electron chi connectivity index (χ4n) is 2.29. The Morgan fingerprint density at radius 3 is 2.67 bits per heavy atom. The van der Waals surface area contributed by atoms with Gasteiger partial charge in [0, 0.05) is 17.3 Å². The molecule has 0 fully saturated rings. The largest absolute Gasteiger partial charge is 0.349 e. The summed E-state index contributed by atoms with van der Waals surface area (Å²) in [4.78, 5) is 16.3. The zero-order valence-corrected chi connectivity index (χ0v) is 13.2. The van der Waals surface area contributed by atoms with Gasteiger partial charge in [0.2, 0.25) is 0 Å². The van der Waals surface area contributed by atoms with Crippen molar-refractivity contribution in [3.05, 3.63) is 63.9 Å². The lowest BCUT2D eigenvalue weighted by molar-refractivity contribution is 0.0940. The Balaban J connectivity index is 2.04. The highest BCUT2D eigenvalue weighted by Gasteiger charge is 2.12. The number of hydrogen-bond donors (Lipinski definition) is 1. The maximum Gasteiger partial charge on any atom is 0.251 e. The molecule has 0 saturated heterocycles. The Labute approximate surface area is 130 Å². The number of amides is 1. The first-order valence-corrected chi connectivity index (χ1v) is 7.33. The number of nitrogens with one attached hydrogen (secondary N) is 1. The lowest BCUT2D eigenvalue weighted by Crippen LogP contribution is -2.34. The van der Waals surface area contributed by atoms with Gasteiger partial charge in [0.1, 0.15) is 5.15 Å². The molecular weight excluding hydrogens is 284 g/mol. The van der Waals surface area contributed by atoms with E-state index >= 15 is 0 Å². The molecule has 2 rings (SSSR count). The van der Waals surface area contributed by atoms with Gasteiger partial charge in [-0.1, -0.05) is 35.9 Å². The van der Waals surface area contributed by atoms with Gasteiger partial charge in [0.15, 0.2) is 0 Å². The standard InChI is InChI=1S/C17H19ClN2O/c1-11-6-4-5-7-14(11)8-13(3)20-17(21)15-9-12(2)19-16(18)10-15/h4-7,9-10,13H,8H2,1-3H3,(H,20,21). The monoisotopic (exact) mass is 302 g/mol. The average molecular weight is 303 g/mol. The van der Waals surface area contributed by atoms with Crippen LogP contribution in [0, 0.1) is 13.8 Å². The van der Waals surface area contributed by atoms with Gasteiger partial charge in [-0.25, -0.2) is 4.98 Å². The molecule has 2 aromatic rings. The van der Waals surface area contributed by atoms with Crippen molar-refractivity contribution < 1.29 is 4.79 Å². The molecule has 1 amide bonds. The van der Waals surface area contributed by atoms with Gasteiger partial charge in [-0.15, -0.1) is 0 Å². The summed E-state index contributed by atoms with van der Waals surface area (Å²) in [6.07, 6.45) is 0.802. The van der Waals surface area contributed by atoms with Crippen LogP contribution >= 0.6 is 11.6 Å². The van der Waals surface area contributed by atoms with Crippen LogP contribution in [0.1, 0.15) is 34.1 Å². The van der Waals surface area contributed by atoms with Crippen LogP contribution in [0.3, 0.4) is 0 Å². The minimum absolute atomic E-state index is 0.0471. The van der Waals surface area contributed by atoms with E-state index in [2.05, 4.69) is 29.4 Å². The molecular formula is C17H19ClN2O. The molecule has 4 heteroatoms. The van der Waals surface area contributed by atoms with Gasteiger partial charge in [0.25, 0.3) is 5.91 Å². The second-order valence-corrected chi connectivity index (χ2v) is 5.71. The SMILES string of the molecule is Cc1cc(C(=O)NC(C)Cc2ccccc2C)cc(Cl)n1. The summed E-state index contributed by atoms with van der Waals surface area (Å²) in [6, 6.07) is 11.6. The van der Waals surface area contributed by atoms with Crippen molar-refractivity contribution in [2.45, 2.75) is 33.2 Å². The van der Waals surface area contributed by atoms with Crippen molar-refractivity contribution in [2.75, 3.05) is 0 Å². The van der Waals surface area contributed by atoms with Crippen molar-refractivity contribution in [3.63, 3.8) is 0 Å². The van der Waals surface area contributed by atoms with E-state index in [1.165, 1.54) is 11.1 Å². The van der Waals surface area contributed by atoms with E-state index in [1.54, 1.807) is 12.1 Å². The van der Waals surface area contributed by atoms with Crippen molar-refractivity contribution in [1.29, 1.82) is 0 Å². The van der Waals surface area contributed by atoms with Gasteiger partial charge < -0.3 is 5.32 Å². The summed E-state index contributed by atoms with van der Waals surface area (Å²) in [5.74, 6) is -0.122. The van der Waals surface area contributed by atoms with Gasteiger partial charge in [-0.05, 0) is 50.5 Å². The molecule has 1 heterocycles. The number of hydrogen-bond acceptors (Lipinski definition) is 2. The average Bonchev–Trinajstić information content (AvgIpc) is 2.40. The van der Waals surface area contributed by atoms with Crippen LogP contribution in [0.4, 0.5) is 0 Å². The Morgan fingerprint density at radius 2 is 2.00 bits per heavy atom. The molecule has 0 radical (unpaired) electrons. The molecule has 21 heavy (non-hydrogen) atoms. The summed E-state index contributed by atoms with van der Waals surface area (Å²) in [5, 5.41) is 3.34. The molecule has 1 aromatic heterocycles. The number of carbonyl (C=O) groups is 1. The van der Waals surface area contributed by atoms with E-state index in [1.807, 2.05) is 26.0 Å². The maximum absolute atomic E-state index is 12.2. The summed E-state index contributed by atoms with van der Waals surface area (Å²) < 4.78 is 0. The Bertz CT molecular complexity index is 635. The third-order valence-electron chi connectivity index (χ3n) is 3.35. The van der Waals surface area contributed by atoms with Crippen molar-refractivity contribution in [2.24, 2.45) is 0 Å².